The average Bonchev–Trinajstić information content (AvgIpc) is 2.96. The number of methoxy groups -OCH3 is 1. The number of aryl methyl sites for hydroxylation is 1. The number of rotatable bonds is 6. The normalized spacial score (nSPS) is 13.3. The summed E-state index contributed by atoms with van der Waals surface area (Å²) in [7, 11) is 1.39. The summed E-state index contributed by atoms with van der Waals surface area (Å²) >= 11 is 0. The van der Waals surface area contributed by atoms with E-state index in [0.29, 0.717) is 17.0 Å². The minimum absolute atomic E-state index is 0.0906. The van der Waals surface area contributed by atoms with Gasteiger partial charge in [0, 0.05) is 17.8 Å². The monoisotopic (exact) mass is 315 g/mol. The molecule has 7 heteroatoms. The van der Waals surface area contributed by atoms with Crippen LogP contribution in [0.4, 0.5) is 5.82 Å². The molecule has 2 atom stereocenters. The van der Waals surface area contributed by atoms with Gasteiger partial charge in [-0.05, 0) is 12.8 Å². The van der Waals surface area contributed by atoms with Gasteiger partial charge in [-0.3, -0.25) is 4.79 Å². The number of fused-ring (bicyclic) bond motifs is 1. The molecule has 7 nitrogen and oxygen atoms in total. The Balaban J connectivity index is 2.39. The SMILES string of the molecule is CC[C@H](C)[C@@H](CC(=O)OC)Nc1cc(C)nc2c(C#N)cnn12. The number of nitrogens with zero attached hydrogens (tertiary/aromatic N) is 4. The summed E-state index contributed by atoms with van der Waals surface area (Å²) in [5, 5.41) is 16.7. The third kappa shape index (κ3) is 3.59. The van der Waals surface area contributed by atoms with E-state index in [4.69, 9.17) is 10.00 Å². The van der Waals surface area contributed by atoms with Crippen LogP contribution in [0.5, 0.6) is 0 Å². The zero-order valence-corrected chi connectivity index (χ0v) is 13.8. The highest BCUT2D eigenvalue weighted by Crippen LogP contribution is 2.21. The van der Waals surface area contributed by atoms with Gasteiger partial charge < -0.3 is 10.1 Å². The molecule has 0 fully saturated rings. The van der Waals surface area contributed by atoms with Gasteiger partial charge in [0.1, 0.15) is 17.5 Å². The number of nitriles is 1. The molecule has 0 unspecified atom stereocenters. The Morgan fingerprint density at radius 1 is 1.57 bits per heavy atom. The smallest absolute Gasteiger partial charge is 0.307 e. The van der Waals surface area contributed by atoms with Gasteiger partial charge in [0.2, 0.25) is 0 Å². The van der Waals surface area contributed by atoms with Gasteiger partial charge in [-0.1, -0.05) is 20.3 Å². The molecule has 0 amide bonds. The minimum atomic E-state index is -0.261. The number of anilines is 1. The number of hydrogen-bond donors (Lipinski definition) is 1. The number of hydrogen-bond acceptors (Lipinski definition) is 6. The molecule has 0 saturated heterocycles. The lowest BCUT2D eigenvalue weighted by Gasteiger charge is -2.24. The third-order valence-electron chi connectivity index (χ3n) is 4.00. The quantitative estimate of drug-likeness (QED) is 0.822. The van der Waals surface area contributed by atoms with Crippen molar-refractivity contribution in [2.45, 2.75) is 39.7 Å². The molecule has 2 heterocycles. The zero-order valence-electron chi connectivity index (χ0n) is 13.8. The number of nitrogens with one attached hydrogen (secondary N) is 1. The van der Waals surface area contributed by atoms with Gasteiger partial charge >= 0.3 is 5.97 Å². The van der Waals surface area contributed by atoms with Crippen LogP contribution in [0.1, 0.15) is 37.9 Å². The van der Waals surface area contributed by atoms with Crippen molar-refractivity contribution in [2.75, 3.05) is 12.4 Å². The van der Waals surface area contributed by atoms with E-state index >= 15 is 0 Å². The Morgan fingerprint density at radius 3 is 2.91 bits per heavy atom. The largest absolute Gasteiger partial charge is 0.469 e. The predicted molar refractivity (Wildman–Crippen MR) is 85.9 cm³/mol. The number of aromatic nitrogens is 3. The lowest BCUT2D eigenvalue weighted by molar-refractivity contribution is -0.141. The van der Waals surface area contributed by atoms with E-state index in [1.165, 1.54) is 13.3 Å². The van der Waals surface area contributed by atoms with Gasteiger partial charge in [-0.25, -0.2) is 4.98 Å². The molecule has 0 bridgehead atoms. The molecule has 0 radical (unpaired) electrons. The Bertz CT molecular complexity index is 747. The summed E-state index contributed by atoms with van der Waals surface area (Å²) in [6.45, 7) is 6.01. The van der Waals surface area contributed by atoms with Crippen molar-refractivity contribution in [3.8, 4) is 6.07 Å². The van der Waals surface area contributed by atoms with E-state index in [1.807, 2.05) is 13.0 Å². The second-order valence-electron chi connectivity index (χ2n) is 5.60. The van der Waals surface area contributed by atoms with Crippen LogP contribution in [0.3, 0.4) is 0 Å². The van der Waals surface area contributed by atoms with Crippen molar-refractivity contribution in [1.82, 2.24) is 14.6 Å². The molecule has 2 aromatic rings. The molecule has 1 N–H and O–H groups in total. The van der Waals surface area contributed by atoms with Gasteiger partial charge in [-0.2, -0.15) is 14.9 Å². The minimum Gasteiger partial charge on any atom is -0.469 e. The van der Waals surface area contributed by atoms with Crippen LogP contribution < -0.4 is 5.32 Å². The van der Waals surface area contributed by atoms with E-state index in [-0.39, 0.29) is 24.3 Å². The Hall–Kier alpha value is -2.62. The molecule has 0 aliphatic heterocycles. The molecule has 0 spiro atoms. The summed E-state index contributed by atoms with van der Waals surface area (Å²) in [4.78, 5) is 16.0. The van der Waals surface area contributed by atoms with Crippen LogP contribution in [0.25, 0.3) is 5.65 Å². The van der Waals surface area contributed by atoms with Crippen LogP contribution in [0.2, 0.25) is 0 Å². The maximum Gasteiger partial charge on any atom is 0.307 e. The maximum absolute atomic E-state index is 11.7. The summed E-state index contributed by atoms with van der Waals surface area (Å²) in [5.74, 6) is 0.717. The molecule has 0 aliphatic rings. The summed E-state index contributed by atoms with van der Waals surface area (Å²) < 4.78 is 6.38. The van der Waals surface area contributed by atoms with Crippen LogP contribution in [-0.2, 0) is 9.53 Å². The highest BCUT2D eigenvalue weighted by atomic mass is 16.5. The third-order valence-corrected chi connectivity index (χ3v) is 4.00. The Morgan fingerprint density at radius 2 is 2.30 bits per heavy atom. The molecular formula is C16H21N5O2. The van der Waals surface area contributed by atoms with Crippen molar-refractivity contribution in [3.05, 3.63) is 23.5 Å². The van der Waals surface area contributed by atoms with Crippen molar-refractivity contribution >= 4 is 17.4 Å². The van der Waals surface area contributed by atoms with Gasteiger partial charge in [0.25, 0.3) is 0 Å². The first-order valence-electron chi connectivity index (χ1n) is 7.59. The van der Waals surface area contributed by atoms with E-state index in [9.17, 15) is 4.79 Å². The molecular weight excluding hydrogens is 294 g/mol. The van der Waals surface area contributed by atoms with Crippen LogP contribution in [0.15, 0.2) is 12.3 Å². The first kappa shape index (κ1) is 16.7. The Labute approximate surface area is 135 Å². The van der Waals surface area contributed by atoms with Crippen molar-refractivity contribution in [3.63, 3.8) is 0 Å². The molecule has 0 saturated carbocycles. The first-order chi connectivity index (χ1) is 11.0. The fourth-order valence-corrected chi connectivity index (χ4v) is 2.40. The van der Waals surface area contributed by atoms with Gasteiger partial charge in [0.05, 0.1) is 19.7 Å². The predicted octanol–water partition coefficient (Wildman–Crippen LogP) is 2.30. The van der Waals surface area contributed by atoms with E-state index < -0.39 is 0 Å². The van der Waals surface area contributed by atoms with Crippen molar-refractivity contribution in [1.29, 1.82) is 5.26 Å². The van der Waals surface area contributed by atoms with E-state index in [0.717, 1.165) is 12.1 Å². The standard InChI is InChI=1S/C16H21N5O2/c1-5-10(2)13(7-15(22)23-4)20-14-6-11(3)19-16-12(8-17)9-18-21(14)16/h6,9-10,13,20H,5,7H2,1-4H3/t10-,13+/m0/s1. The lowest BCUT2D eigenvalue weighted by Crippen LogP contribution is -2.31. The molecule has 23 heavy (non-hydrogen) atoms. The second kappa shape index (κ2) is 7.09. The molecule has 0 aromatic carbocycles. The average molecular weight is 315 g/mol. The molecule has 0 aliphatic carbocycles. The van der Waals surface area contributed by atoms with Crippen LogP contribution in [0, 0.1) is 24.2 Å². The molecule has 2 rings (SSSR count). The van der Waals surface area contributed by atoms with Crippen molar-refractivity contribution in [2.24, 2.45) is 5.92 Å². The van der Waals surface area contributed by atoms with E-state index in [1.54, 1.807) is 4.52 Å². The number of carbonyl (C=O) groups is 1. The van der Waals surface area contributed by atoms with Gasteiger partial charge in [-0.15, -0.1) is 0 Å². The maximum atomic E-state index is 11.7. The topological polar surface area (TPSA) is 92.3 Å². The summed E-state index contributed by atoms with van der Waals surface area (Å²) in [6, 6.07) is 3.85. The number of carbonyl (C=O) groups excluding carboxylic acids is 1. The highest BCUT2D eigenvalue weighted by Gasteiger charge is 2.21. The van der Waals surface area contributed by atoms with Crippen LogP contribution in [-0.4, -0.2) is 33.7 Å². The molecule has 122 valence electrons. The van der Waals surface area contributed by atoms with Crippen molar-refractivity contribution < 1.29 is 9.53 Å². The lowest BCUT2D eigenvalue weighted by atomic mass is 9.96. The first-order valence-corrected chi connectivity index (χ1v) is 7.59. The zero-order chi connectivity index (χ0) is 17.0. The van der Waals surface area contributed by atoms with Gasteiger partial charge in [0.15, 0.2) is 5.65 Å². The summed E-state index contributed by atoms with van der Waals surface area (Å²) in [6.07, 6.45) is 2.68. The highest BCUT2D eigenvalue weighted by molar-refractivity contribution is 5.70. The van der Waals surface area contributed by atoms with Crippen LogP contribution >= 0.6 is 0 Å². The fraction of sp³-hybridized carbons (Fsp3) is 0.500. The number of esters is 1. The Kier molecular flexibility index (Phi) is 5.16. The van der Waals surface area contributed by atoms with E-state index in [2.05, 4.69) is 35.3 Å². The molecule has 2 aromatic heterocycles. The summed E-state index contributed by atoms with van der Waals surface area (Å²) in [5.41, 5.74) is 1.71. The number of ether oxygens (including phenoxy) is 1. The second-order valence-corrected chi connectivity index (χ2v) is 5.60. The fourth-order valence-electron chi connectivity index (χ4n) is 2.40.